The van der Waals surface area contributed by atoms with E-state index in [2.05, 4.69) is 10.3 Å². The molecule has 2 aromatic rings. The second-order valence-electron chi connectivity index (χ2n) is 5.95. The molecule has 2 aliphatic rings. The largest absolute Gasteiger partial charge is 0.361 e. The van der Waals surface area contributed by atoms with Gasteiger partial charge in [0.1, 0.15) is 0 Å². The number of rotatable bonds is 1. The third kappa shape index (κ3) is 1.91. The topological polar surface area (TPSA) is 48.1 Å². The number of hydrogen-bond donors (Lipinski definition) is 2. The van der Waals surface area contributed by atoms with Crippen LogP contribution >= 0.6 is 0 Å². The molecule has 2 saturated heterocycles. The van der Waals surface area contributed by atoms with E-state index in [1.54, 1.807) is 0 Å². The molecule has 2 fully saturated rings. The lowest BCUT2D eigenvalue weighted by molar-refractivity contribution is 0.0786. The van der Waals surface area contributed by atoms with Gasteiger partial charge in [0.2, 0.25) is 0 Å². The predicted molar refractivity (Wildman–Crippen MR) is 78.7 cm³/mol. The van der Waals surface area contributed by atoms with Crippen molar-refractivity contribution >= 4 is 16.8 Å². The number of likely N-dealkylation sites (tertiary alicyclic amines) is 1. The minimum absolute atomic E-state index is 0.165. The fraction of sp³-hybridized carbons (Fsp3) is 0.438. The lowest BCUT2D eigenvalue weighted by atomic mass is 9.94. The zero-order chi connectivity index (χ0) is 13.5. The fourth-order valence-corrected chi connectivity index (χ4v) is 3.58. The van der Waals surface area contributed by atoms with E-state index in [-0.39, 0.29) is 5.91 Å². The van der Waals surface area contributed by atoms with Gasteiger partial charge in [-0.2, -0.15) is 0 Å². The number of benzene rings is 1. The second-order valence-corrected chi connectivity index (χ2v) is 5.95. The smallest absolute Gasteiger partial charge is 0.253 e. The average Bonchev–Trinajstić information content (AvgIpc) is 3.11. The van der Waals surface area contributed by atoms with Gasteiger partial charge in [0.15, 0.2) is 0 Å². The summed E-state index contributed by atoms with van der Waals surface area (Å²) in [5.41, 5.74) is 1.82. The minimum atomic E-state index is 0.165. The van der Waals surface area contributed by atoms with E-state index in [4.69, 9.17) is 0 Å². The first-order valence-corrected chi connectivity index (χ1v) is 7.41. The highest BCUT2D eigenvalue weighted by Gasteiger charge is 2.36. The first kappa shape index (κ1) is 12.0. The van der Waals surface area contributed by atoms with E-state index in [0.29, 0.717) is 12.0 Å². The number of aromatic amines is 1. The lowest BCUT2D eigenvalue weighted by Crippen LogP contribution is -2.41. The number of aromatic nitrogens is 1. The Morgan fingerprint density at radius 2 is 2.20 bits per heavy atom. The summed E-state index contributed by atoms with van der Waals surface area (Å²) in [5, 5.41) is 4.69. The highest BCUT2D eigenvalue weighted by molar-refractivity contribution is 5.98. The molecule has 2 aliphatic heterocycles. The molecule has 0 aliphatic carbocycles. The molecule has 3 heterocycles. The lowest BCUT2D eigenvalue weighted by Gasteiger charge is -2.24. The zero-order valence-corrected chi connectivity index (χ0v) is 11.4. The summed E-state index contributed by atoms with van der Waals surface area (Å²) < 4.78 is 0. The molecule has 2 N–H and O–H groups in total. The van der Waals surface area contributed by atoms with Crippen molar-refractivity contribution in [3.05, 3.63) is 36.0 Å². The molecule has 4 heteroatoms. The van der Waals surface area contributed by atoms with E-state index in [9.17, 15) is 4.79 Å². The van der Waals surface area contributed by atoms with Crippen molar-refractivity contribution in [3.63, 3.8) is 0 Å². The minimum Gasteiger partial charge on any atom is -0.361 e. The van der Waals surface area contributed by atoms with E-state index in [1.807, 2.05) is 35.4 Å². The van der Waals surface area contributed by atoms with Crippen LogP contribution in [0.4, 0.5) is 0 Å². The van der Waals surface area contributed by atoms with Crippen LogP contribution < -0.4 is 5.32 Å². The van der Waals surface area contributed by atoms with Crippen LogP contribution in [0.3, 0.4) is 0 Å². The van der Waals surface area contributed by atoms with Crippen molar-refractivity contribution in [3.8, 4) is 0 Å². The first-order valence-electron chi connectivity index (χ1n) is 7.41. The van der Waals surface area contributed by atoms with Crippen LogP contribution in [0, 0.1) is 5.92 Å². The quantitative estimate of drug-likeness (QED) is 0.832. The van der Waals surface area contributed by atoms with Gasteiger partial charge < -0.3 is 15.2 Å². The van der Waals surface area contributed by atoms with Crippen LogP contribution in [0.15, 0.2) is 30.5 Å². The van der Waals surface area contributed by atoms with Crippen LogP contribution in [0.2, 0.25) is 0 Å². The van der Waals surface area contributed by atoms with Crippen molar-refractivity contribution in [2.75, 3.05) is 19.6 Å². The summed E-state index contributed by atoms with van der Waals surface area (Å²) in [4.78, 5) is 17.8. The molecule has 0 radical (unpaired) electrons. The van der Waals surface area contributed by atoms with Gasteiger partial charge >= 0.3 is 0 Å². The Hall–Kier alpha value is -1.81. The maximum Gasteiger partial charge on any atom is 0.253 e. The number of amides is 1. The van der Waals surface area contributed by atoms with Gasteiger partial charge in [0.05, 0.1) is 0 Å². The molecule has 4 rings (SSSR count). The standard InChI is InChI=1S/C16H19N3O/c20-16(12-4-3-11-5-7-18-14(11)8-12)19-9-13-2-1-6-17-15(13)10-19/h3-5,7-8,13,15,17-18H,1-2,6,9-10H2. The second kappa shape index (κ2) is 4.63. The van der Waals surface area contributed by atoms with Crippen molar-refractivity contribution in [1.29, 1.82) is 0 Å². The van der Waals surface area contributed by atoms with Gasteiger partial charge in [-0.15, -0.1) is 0 Å². The normalized spacial score (nSPS) is 25.9. The highest BCUT2D eigenvalue weighted by atomic mass is 16.2. The van der Waals surface area contributed by atoms with E-state index in [1.165, 1.54) is 12.8 Å². The Kier molecular flexibility index (Phi) is 2.77. The maximum atomic E-state index is 12.6. The van der Waals surface area contributed by atoms with Crippen molar-refractivity contribution in [2.45, 2.75) is 18.9 Å². The Labute approximate surface area is 118 Å². The molecule has 0 spiro atoms. The number of carbonyl (C=O) groups is 1. The molecule has 0 saturated carbocycles. The van der Waals surface area contributed by atoms with Crippen LogP contribution in [-0.4, -0.2) is 41.5 Å². The van der Waals surface area contributed by atoms with E-state index >= 15 is 0 Å². The SMILES string of the molecule is O=C(c1ccc2cc[nH]c2c1)N1CC2CCCNC2C1. The zero-order valence-electron chi connectivity index (χ0n) is 11.4. The molecule has 1 amide bonds. The molecule has 0 bridgehead atoms. The summed E-state index contributed by atoms with van der Waals surface area (Å²) in [6, 6.07) is 8.45. The average molecular weight is 269 g/mol. The number of H-pyrrole nitrogens is 1. The fourth-order valence-electron chi connectivity index (χ4n) is 3.58. The van der Waals surface area contributed by atoms with Gasteiger partial charge in [-0.25, -0.2) is 0 Å². The number of carbonyl (C=O) groups excluding carboxylic acids is 1. The van der Waals surface area contributed by atoms with E-state index < -0.39 is 0 Å². The van der Waals surface area contributed by atoms with Crippen molar-refractivity contribution < 1.29 is 4.79 Å². The number of piperidine rings is 1. The monoisotopic (exact) mass is 269 g/mol. The van der Waals surface area contributed by atoms with Crippen LogP contribution in [0.5, 0.6) is 0 Å². The molecule has 104 valence electrons. The molecular formula is C16H19N3O. The van der Waals surface area contributed by atoms with E-state index in [0.717, 1.165) is 36.1 Å². The van der Waals surface area contributed by atoms with Crippen molar-refractivity contribution in [1.82, 2.24) is 15.2 Å². The van der Waals surface area contributed by atoms with Gasteiger partial charge in [0, 0.05) is 36.4 Å². The highest BCUT2D eigenvalue weighted by Crippen LogP contribution is 2.26. The summed E-state index contributed by atoms with van der Waals surface area (Å²) in [7, 11) is 0. The number of fused-ring (bicyclic) bond motifs is 2. The van der Waals surface area contributed by atoms with Gasteiger partial charge in [-0.05, 0) is 48.9 Å². The van der Waals surface area contributed by atoms with Crippen LogP contribution in [0.1, 0.15) is 23.2 Å². The van der Waals surface area contributed by atoms with Crippen LogP contribution in [-0.2, 0) is 0 Å². The summed E-state index contributed by atoms with van der Waals surface area (Å²) >= 11 is 0. The Morgan fingerprint density at radius 3 is 3.10 bits per heavy atom. The van der Waals surface area contributed by atoms with Gasteiger partial charge in [-0.1, -0.05) is 6.07 Å². The van der Waals surface area contributed by atoms with Gasteiger partial charge in [-0.3, -0.25) is 4.79 Å². The molecule has 2 unspecified atom stereocenters. The predicted octanol–water partition coefficient (Wildman–Crippen LogP) is 1.99. The number of nitrogens with one attached hydrogen (secondary N) is 2. The molecule has 1 aromatic heterocycles. The summed E-state index contributed by atoms with van der Waals surface area (Å²) in [6.45, 7) is 2.85. The molecule has 4 nitrogen and oxygen atoms in total. The number of nitrogens with zero attached hydrogens (tertiary/aromatic N) is 1. The maximum absolute atomic E-state index is 12.6. The third-order valence-electron chi connectivity index (χ3n) is 4.69. The molecule has 20 heavy (non-hydrogen) atoms. The molecule has 2 atom stereocenters. The molecule has 1 aromatic carbocycles. The first-order chi connectivity index (χ1) is 9.81. The Balaban J connectivity index is 1.57. The third-order valence-corrected chi connectivity index (χ3v) is 4.69. The summed E-state index contributed by atoms with van der Waals surface area (Å²) in [5.74, 6) is 0.805. The van der Waals surface area contributed by atoms with Crippen LogP contribution in [0.25, 0.3) is 10.9 Å². The number of hydrogen-bond acceptors (Lipinski definition) is 2. The van der Waals surface area contributed by atoms with Gasteiger partial charge in [0.25, 0.3) is 5.91 Å². The summed E-state index contributed by atoms with van der Waals surface area (Å²) in [6.07, 6.45) is 4.39. The molecular weight excluding hydrogens is 250 g/mol. The Bertz CT molecular complexity index is 634. The Morgan fingerprint density at radius 1 is 1.25 bits per heavy atom. The van der Waals surface area contributed by atoms with Crippen molar-refractivity contribution in [2.24, 2.45) is 5.92 Å².